The molecule has 1 aromatic heterocycles. The fourth-order valence-electron chi connectivity index (χ4n) is 4.25. The van der Waals surface area contributed by atoms with Crippen molar-refractivity contribution in [3.05, 3.63) is 93.4 Å². The number of pyridine rings is 1. The first-order valence-electron chi connectivity index (χ1n) is 13.2. The van der Waals surface area contributed by atoms with Crippen molar-refractivity contribution in [2.24, 2.45) is 0 Å². The van der Waals surface area contributed by atoms with Crippen molar-refractivity contribution in [2.45, 2.75) is 36.2 Å². The highest BCUT2D eigenvalue weighted by Crippen LogP contribution is 2.33. The van der Waals surface area contributed by atoms with E-state index in [9.17, 15) is 27.6 Å². The number of hydrogen-bond acceptors (Lipinski definition) is 9. The highest BCUT2D eigenvalue weighted by molar-refractivity contribution is 7.98. The molecule has 5 rings (SSSR count). The van der Waals surface area contributed by atoms with Gasteiger partial charge in [-0.1, -0.05) is 42.5 Å². The summed E-state index contributed by atoms with van der Waals surface area (Å²) in [6.07, 6.45) is -3.51. The number of ether oxygens (including phenoxy) is 4. The van der Waals surface area contributed by atoms with Crippen molar-refractivity contribution in [3.63, 3.8) is 0 Å². The van der Waals surface area contributed by atoms with Gasteiger partial charge in [-0.3, -0.25) is 14.3 Å². The zero-order valence-electron chi connectivity index (χ0n) is 23.4. The van der Waals surface area contributed by atoms with E-state index in [1.54, 1.807) is 0 Å². The number of rotatable bonds is 7. The smallest absolute Gasteiger partial charge is 0.451 e. The van der Waals surface area contributed by atoms with E-state index in [2.05, 4.69) is 68.2 Å². The van der Waals surface area contributed by atoms with Crippen molar-refractivity contribution in [1.82, 2.24) is 9.58 Å². The summed E-state index contributed by atoms with van der Waals surface area (Å²) in [4.78, 5) is 37.9. The van der Waals surface area contributed by atoms with E-state index >= 15 is 0 Å². The first-order chi connectivity index (χ1) is 20.6. The monoisotopic (exact) mass is 621 g/mol. The molecule has 0 spiro atoms. The molecule has 2 aromatic carbocycles. The Bertz CT molecular complexity index is 1450. The van der Waals surface area contributed by atoms with E-state index in [4.69, 9.17) is 4.74 Å². The van der Waals surface area contributed by atoms with Crippen LogP contribution in [-0.4, -0.2) is 67.6 Å². The largest absolute Gasteiger partial charge is 0.511 e. The summed E-state index contributed by atoms with van der Waals surface area (Å²) < 4.78 is 58.9. The Hall–Kier alpha value is -4.17. The standard InChI is InChI=1S/C15H18F3N3O7.C14H12S/c1-9(15(16,17)18)20-7-19-21-4-3-10(22)12(11(21)13(20)23)27-8-28-14(24)26-6-5-25-2;1-2-7-13-10-15-14-8-4-3-6-12(14)9-11(13)5-1/h3-4,9,19H,5-8H2,1-2H3;1-8H,9-10H2. The lowest BCUT2D eigenvalue weighted by molar-refractivity contribution is -0.172. The zero-order chi connectivity index (χ0) is 31.0. The average Bonchev–Trinajstić information content (AvgIpc) is 3.18. The minimum Gasteiger partial charge on any atom is -0.451 e. The normalized spacial score (nSPS) is 14.4. The van der Waals surface area contributed by atoms with Crippen LogP contribution in [-0.2, 0) is 26.4 Å². The molecule has 1 amide bonds. The number of hydrogen-bond donors (Lipinski definition) is 1. The minimum absolute atomic E-state index is 0.0780. The molecule has 0 saturated carbocycles. The third kappa shape index (κ3) is 8.02. The molecule has 10 nitrogen and oxygen atoms in total. The van der Waals surface area contributed by atoms with Crippen LogP contribution >= 0.6 is 11.8 Å². The molecule has 3 heterocycles. The lowest BCUT2D eigenvalue weighted by Gasteiger charge is -2.36. The van der Waals surface area contributed by atoms with Gasteiger partial charge in [0, 0.05) is 30.0 Å². The number of amides is 1. The van der Waals surface area contributed by atoms with Crippen molar-refractivity contribution < 1.29 is 41.7 Å². The molecule has 2 aliphatic heterocycles. The van der Waals surface area contributed by atoms with Gasteiger partial charge in [0.25, 0.3) is 5.91 Å². The molecular weight excluding hydrogens is 591 g/mol. The summed E-state index contributed by atoms with van der Waals surface area (Å²) in [5.74, 6) is -0.532. The summed E-state index contributed by atoms with van der Waals surface area (Å²) >= 11 is 1.95. The summed E-state index contributed by atoms with van der Waals surface area (Å²) in [6, 6.07) is 16.4. The maximum atomic E-state index is 13.0. The molecule has 1 N–H and O–H groups in total. The van der Waals surface area contributed by atoms with Gasteiger partial charge in [0.05, 0.1) is 6.61 Å². The predicted octanol–water partition coefficient (Wildman–Crippen LogP) is 4.77. The van der Waals surface area contributed by atoms with Gasteiger partial charge in [-0.05, 0) is 36.1 Å². The number of benzene rings is 2. The van der Waals surface area contributed by atoms with Gasteiger partial charge >= 0.3 is 12.3 Å². The van der Waals surface area contributed by atoms with Gasteiger partial charge in [-0.2, -0.15) is 13.2 Å². The van der Waals surface area contributed by atoms with Crippen molar-refractivity contribution in [2.75, 3.05) is 39.2 Å². The molecule has 43 heavy (non-hydrogen) atoms. The quantitative estimate of drug-likeness (QED) is 0.227. The van der Waals surface area contributed by atoms with E-state index in [0.29, 0.717) is 4.90 Å². The SMILES string of the molecule is COCCOC(=O)OCOc1c2n(ccc1=O)NCN(C(C)C(F)(F)F)C2=O.c1ccc2c(c1)CSc1ccccc1C2. The zero-order valence-corrected chi connectivity index (χ0v) is 24.2. The van der Waals surface area contributed by atoms with Gasteiger partial charge in [0.1, 0.15) is 19.3 Å². The number of thioether (sulfide) groups is 1. The van der Waals surface area contributed by atoms with Crippen LogP contribution in [0.3, 0.4) is 0 Å². The van der Waals surface area contributed by atoms with E-state index < -0.39 is 54.6 Å². The number of carbonyl (C=O) groups is 2. The molecule has 230 valence electrons. The van der Waals surface area contributed by atoms with Crippen molar-refractivity contribution in [3.8, 4) is 5.75 Å². The lowest BCUT2D eigenvalue weighted by Crippen LogP contribution is -2.54. The maximum absolute atomic E-state index is 13.0. The number of nitrogens with one attached hydrogen (secondary N) is 1. The fraction of sp³-hybridized carbons (Fsp3) is 0.345. The van der Waals surface area contributed by atoms with Crippen LogP contribution in [0.5, 0.6) is 5.75 Å². The van der Waals surface area contributed by atoms with Crippen LogP contribution in [0.25, 0.3) is 0 Å². The van der Waals surface area contributed by atoms with Crippen LogP contribution < -0.4 is 15.6 Å². The molecule has 14 heteroatoms. The molecular formula is C29H30F3N3O7S. The highest BCUT2D eigenvalue weighted by atomic mass is 32.2. The molecule has 0 saturated heterocycles. The summed E-state index contributed by atoms with van der Waals surface area (Å²) in [7, 11) is 1.40. The lowest BCUT2D eigenvalue weighted by atomic mass is 10.0. The third-order valence-corrected chi connectivity index (χ3v) is 7.78. The van der Waals surface area contributed by atoms with Crippen LogP contribution in [0.15, 0.2) is 70.5 Å². The van der Waals surface area contributed by atoms with Gasteiger partial charge in [0.15, 0.2) is 5.69 Å². The Morgan fingerprint density at radius 2 is 1.70 bits per heavy atom. The molecule has 0 fully saturated rings. The Morgan fingerprint density at radius 3 is 2.42 bits per heavy atom. The summed E-state index contributed by atoms with van der Waals surface area (Å²) in [6.45, 7) is -0.352. The summed E-state index contributed by atoms with van der Waals surface area (Å²) in [5.41, 5.74) is 5.75. The number of methoxy groups -OCH3 is 1. The first kappa shape index (κ1) is 31.8. The Morgan fingerprint density at radius 1 is 1.00 bits per heavy atom. The van der Waals surface area contributed by atoms with Crippen molar-refractivity contribution in [1.29, 1.82) is 0 Å². The molecule has 1 unspecified atom stereocenters. The van der Waals surface area contributed by atoms with Gasteiger partial charge in [-0.15, -0.1) is 11.8 Å². The van der Waals surface area contributed by atoms with Gasteiger partial charge < -0.3 is 29.3 Å². The molecule has 0 radical (unpaired) electrons. The minimum atomic E-state index is -4.66. The molecule has 0 aliphatic carbocycles. The van der Waals surface area contributed by atoms with E-state index in [-0.39, 0.29) is 13.2 Å². The second-order valence-corrected chi connectivity index (χ2v) is 10.4. The summed E-state index contributed by atoms with van der Waals surface area (Å²) in [5, 5.41) is 0. The van der Waals surface area contributed by atoms with Crippen LogP contribution in [0, 0.1) is 0 Å². The van der Waals surface area contributed by atoms with Crippen molar-refractivity contribution >= 4 is 23.8 Å². The van der Waals surface area contributed by atoms with Crippen LogP contribution in [0.1, 0.15) is 34.1 Å². The number of halogens is 3. The second kappa shape index (κ2) is 14.3. The molecule has 0 bridgehead atoms. The maximum Gasteiger partial charge on any atom is 0.511 e. The molecule has 3 aromatic rings. The van der Waals surface area contributed by atoms with Crippen LogP contribution in [0.4, 0.5) is 18.0 Å². The van der Waals surface area contributed by atoms with E-state index in [1.165, 1.54) is 34.9 Å². The number of alkyl halides is 3. The van der Waals surface area contributed by atoms with Gasteiger partial charge in [-0.25, -0.2) is 4.79 Å². The average molecular weight is 622 g/mol. The predicted molar refractivity (Wildman–Crippen MR) is 152 cm³/mol. The number of carbonyl (C=O) groups excluding carboxylic acids is 2. The third-order valence-electron chi connectivity index (χ3n) is 6.61. The molecule has 1 atom stereocenters. The Labute approximate surface area is 249 Å². The Kier molecular flexibility index (Phi) is 10.6. The highest BCUT2D eigenvalue weighted by Gasteiger charge is 2.44. The van der Waals surface area contributed by atoms with E-state index in [1.807, 2.05) is 11.8 Å². The Balaban J connectivity index is 0.000000234. The van der Waals surface area contributed by atoms with Crippen LogP contribution in [0.2, 0.25) is 0 Å². The first-order valence-corrected chi connectivity index (χ1v) is 14.1. The number of aromatic nitrogens is 1. The van der Waals surface area contributed by atoms with Gasteiger partial charge in [0.2, 0.25) is 18.0 Å². The number of nitrogens with zero attached hydrogens (tertiary/aromatic N) is 2. The topological polar surface area (TPSA) is 108 Å². The molecule has 2 aliphatic rings. The fourth-order valence-corrected chi connectivity index (χ4v) is 5.34. The second-order valence-electron chi connectivity index (χ2n) is 9.38. The number of fused-ring (bicyclic) bond motifs is 3. The van der Waals surface area contributed by atoms with E-state index in [0.717, 1.165) is 29.8 Å².